The zero-order valence-corrected chi connectivity index (χ0v) is 18.4. The SMILES string of the molecule is CCOC(=O)N1CCN([C@H]2CCc3c(c(C(=O)N4CCCCCC4)nn3C)C2)CC1. The first-order valence-electron chi connectivity index (χ1n) is 11.6. The molecule has 0 spiro atoms. The topological polar surface area (TPSA) is 70.9 Å². The van der Waals surface area contributed by atoms with E-state index in [1.54, 1.807) is 4.90 Å². The summed E-state index contributed by atoms with van der Waals surface area (Å²) < 4.78 is 7.06. The summed E-state index contributed by atoms with van der Waals surface area (Å²) in [5.74, 6) is 0.113. The highest BCUT2D eigenvalue weighted by Crippen LogP contribution is 2.29. The Morgan fingerprint density at radius 1 is 1.00 bits per heavy atom. The Hall–Kier alpha value is -2.09. The van der Waals surface area contributed by atoms with Gasteiger partial charge < -0.3 is 14.5 Å². The van der Waals surface area contributed by atoms with E-state index >= 15 is 0 Å². The van der Waals surface area contributed by atoms with Gasteiger partial charge in [0.05, 0.1) is 6.61 Å². The Labute approximate surface area is 179 Å². The molecule has 0 N–H and O–H groups in total. The molecule has 1 aliphatic carbocycles. The number of carbonyl (C=O) groups is 2. The second kappa shape index (κ2) is 9.37. The molecule has 1 aromatic rings. The van der Waals surface area contributed by atoms with Crippen LogP contribution >= 0.6 is 0 Å². The quantitative estimate of drug-likeness (QED) is 0.753. The first-order chi connectivity index (χ1) is 14.6. The van der Waals surface area contributed by atoms with E-state index in [2.05, 4.69) is 10.00 Å². The van der Waals surface area contributed by atoms with Crippen molar-refractivity contribution in [2.75, 3.05) is 45.9 Å². The molecule has 8 nitrogen and oxygen atoms in total. The fourth-order valence-corrected chi connectivity index (χ4v) is 5.16. The summed E-state index contributed by atoms with van der Waals surface area (Å²) in [7, 11) is 1.97. The molecule has 0 bridgehead atoms. The average Bonchev–Trinajstić information content (AvgIpc) is 2.94. The van der Waals surface area contributed by atoms with Gasteiger partial charge in [0, 0.05) is 63.6 Å². The standard InChI is InChI=1S/C22H35N5O3/c1-3-30-22(29)27-14-12-25(13-15-27)17-8-9-19-18(16-17)20(23-24(19)2)21(28)26-10-6-4-5-7-11-26/h17H,3-16H2,1-2H3/t17-/m0/s1. The number of aryl methyl sites for hydroxylation is 1. The van der Waals surface area contributed by atoms with Crippen molar-refractivity contribution >= 4 is 12.0 Å². The van der Waals surface area contributed by atoms with Crippen LogP contribution < -0.4 is 0 Å². The van der Waals surface area contributed by atoms with Crippen molar-refractivity contribution in [2.45, 2.75) is 57.9 Å². The van der Waals surface area contributed by atoms with Gasteiger partial charge in [-0.1, -0.05) is 12.8 Å². The van der Waals surface area contributed by atoms with Crippen molar-refractivity contribution in [1.29, 1.82) is 0 Å². The number of amides is 2. The van der Waals surface area contributed by atoms with Gasteiger partial charge in [-0.15, -0.1) is 0 Å². The molecule has 3 aliphatic rings. The molecule has 0 radical (unpaired) electrons. The minimum absolute atomic E-state index is 0.113. The molecule has 166 valence electrons. The van der Waals surface area contributed by atoms with Gasteiger partial charge in [0.15, 0.2) is 5.69 Å². The summed E-state index contributed by atoms with van der Waals surface area (Å²) in [6, 6.07) is 0.404. The van der Waals surface area contributed by atoms with Crippen molar-refractivity contribution in [3.63, 3.8) is 0 Å². The van der Waals surface area contributed by atoms with E-state index in [0.29, 0.717) is 31.4 Å². The third kappa shape index (κ3) is 4.33. The van der Waals surface area contributed by atoms with E-state index < -0.39 is 0 Å². The second-order valence-electron chi connectivity index (χ2n) is 8.72. The minimum atomic E-state index is -0.208. The molecule has 0 aromatic carbocycles. The van der Waals surface area contributed by atoms with Crippen LogP contribution in [0.3, 0.4) is 0 Å². The second-order valence-corrected chi connectivity index (χ2v) is 8.72. The average molecular weight is 418 g/mol. The number of aromatic nitrogens is 2. The highest BCUT2D eigenvalue weighted by Gasteiger charge is 2.34. The summed E-state index contributed by atoms with van der Waals surface area (Å²) >= 11 is 0. The van der Waals surface area contributed by atoms with E-state index in [1.165, 1.54) is 18.5 Å². The van der Waals surface area contributed by atoms with Crippen LogP contribution in [0.1, 0.15) is 60.8 Å². The number of rotatable bonds is 3. The number of hydrogen-bond donors (Lipinski definition) is 0. The third-order valence-corrected chi connectivity index (χ3v) is 6.88. The van der Waals surface area contributed by atoms with Crippen molar-refractivity contribution < 1.29 is 14.3 Å². The molecule has 2 fully saturated rings. The number of ether oxygens (including phenoxy) is 1. The lowest BCUT2D eigenvalue weighted by Crippen LogP contribution is -2.53. The number of carbonyl (C=O) groups excluding carboxylic acids is 2. The van der Waals surface area contributed by atoms with Gasteiger partial charge in [0.25, 0.3) is 5.91 Å². The molecule has 0 unspecified atom stereocenters. The summed E-state index contributed by atoms with van der Waals surface area (Å²) in [6.45, 7) is 7.07. The lowest BCUT2D eigenvalue weighted by molar-refractivity contribution is 0.0627. The molecule has 1 aromatic heterocycles. The first-order valence-corrected chi connectivity index (χ1v) is 11.6. The van der Waals surface area contributed by atoms with Gasteiger partial charge in [0.2, 0.25) is 0 Å². The Morgan fingerprint density at radius 2 is 1.70 bits per heavy atom. The lowest BCUT2D eigenvalue weighted by Gasteiger charge is -2.40. The van der Waals surface area contributed by atoms with E-state index in [1.807, 2.05) is 23.6 Å². The molecule has 4 rings (SSSR count). The van der Waals surface area contributed by atoms with E-state index in [-0.39, 0.29) is 12.0 Å². The Balaban J connectivity index is 1.43. The van der Waals surface area contributed by atoms with Gasteiger partial charge in [0.1, 0.15) is 0 Å². The van der Waals surface area contributed by atoms with E-state index in [9.17, 15) is 9.59 Å². The van der Waals surface area contributed by atoms with Crippen LogP contribution in [0, 0.1) is 0 Å². The van der Waals surface area contributed by atoms with Crippen LogP contribution in [0.2, 0.25) is 0 Å². The van der Waals surface area contributed by atoms with Gasteiger partial charge in [-0.05, 0) is 39.0 Å². The molecule has 0 saturated carbocycles. The largest absolute Gasteiger partial charge is 0.450 e. The van der Waals surface area contributed by atoms with Crippen molar-refractivity contribution in [2.24, 2.45) is 7.05 Å². The van der Waals surface area contributed by atoms with Gasteiger partial charge in [-0.3, -0.25) is 14.4 Å². The van der Waals surface area contributed by atoms with E-state index in [0.717, 1.165) is 63.8 Å². The summed E-state index contributed by atoms with van der Waals surface area (Å²) in [5.41, 5.74) is 3.04. The Kier molecular flexibility index (Phi) is 6.61. The fraction of sp³-hybridized carbons (Fsp3) is 0.773. The third-order valence-electron chi connectivity index (χ3n) is 6.88. The summed E-state index contributed by atoms with van der Waals surface area (Å²) in [5, 5.41) is 4.67. The van der Waals surface area contributed by atoms with Crippen LogP contribution in [0.15, 0.2) is 0 Å². The number of fused-ring (bicyclic) bond motifs is 1. The molecule has 8 heteroatoms. The zero-order valence-electron chi connectivity index (χ0n) is 18.4. The molecule has 1 atom stereocenters. The number of nitrogens with zero attached hydrogens (tertiary/aromatic N) is 5. The number of likely N-dealkylation sites (tertiary alicyclic amines) is 1. The molecule has 30 heavy (non-hydrogen) atoms. The molecule has 3 heterocycles. The summed E-state index contributed by atoms with van der Waals surface area (Å²) in [6.07, 6.45) is 7.30. The molecular formula is C22H35N5O3. The predicted octanol–water partition coefficient (Wildman–Crippen LogP) is 2.07. The van der Waals surface area contributed by atoms with Gasteiger partial charge in [-0.2, -0.15) is 5.10 Å². The zero-order chi connectivity index (χ0) is 21.1. The van der Waals surface area contributed by atoms with Gasteiger partial charge >= 0.3 is 6.09 Å². The van der Waals surface area contributed by atoms with Crippen molar-refractivity contribution in [3.05, 3.63) is 17.0 Å². The maximum Gasteiger partial charge on any atom is 0.409 e. The smallest absolute Gasteiger partial charge is 0.409 e. The van der Waals surface area contributed by atoms with E-state index in [4.69, 9.17) is 4.74 Å². The Morgan fingerprint density at radius 3 is 2.37 bits per heavy atom. The summed E-state index contributed by atoms with van der Waals surface area (Å²) in [4.78, 5) is 31.5. The first kappa shape index (κ1) is 21.2. The molecule has 2 aliphatic heterocycles. The monoisotopic (exact) mass is 417 g/mol. The Bertz CT molecular complexity index is 761. The number of hydrogen-bond acceptors (Lipinski definition) is 5. The molecular weight excluding hydrogens is 382 g/mol. The molecule has 2 amide bonds. The van der Waals surface area contributed by atoms with Crippen LogP contribution in [0.5, 0.6) is 0 Å². The minimum Gasteiger partial charge on any atom is -0.450 e. The maximum atomic E-state index is 13.3. The van der Waals surface area contributed by atoms with Crippen molar-refractivity contribution in [3.8, 4) is 0 Å². The highest BCUT2D eigenvalue weighted by molar-refractivity contribution is 5.94. The predicted molar refractivity (Wildman–Crippen MR) is 114 cm³/mol. The normalized spacial score (nSPS) is 23.1. The van der Waals surface area contributed by atoms with Crippen molar-refractivity contribution in [1.82, 2.24) is 24.5 Å². The maximum absolute atomic E-state index is 13.3. The number of piperazine rings is 1. The van der Waals surface area contributed by atoms with Crippen LogP contribution in [0.25, 0.3) is 0 Å². The van der Waals surface area contributed by atoms with Crippen LogP contribution in [-0.4, -0.2) is 88.4 Å². The fourth-order valence-electron chi connectivity index (χ4n) is 5.16. The highest BCUT2D eigenvalue weighted by atomic mass is 16.6. The molecule has 2 saturated heterocycles. The van der Waals surface area contributed by atoms with Gasteiger partial charge in [-0.25, -0.2) is 4.79 Å². The lowest BCUT2D eigenvalue weighted by atomic mass is 9.89. The van der Waals surface area contributed by atoms with Crippen LogP contribution in [-0.2, 0) is 24.6 Å². The van der Waals surface area contributed by atoms with Crippen LogP contribution in [0.4, 0.5) is 4.79 Å².